The molecule has 0 bridgehead atoms. The zero-order valence-corrected chi connectivity index (χ0v) is 9.26. The van der Waals surface area contributed by atoms with Crippen molar-refractivity contribution in [2.75, 3.05) is 20.1 Å². The number of nitrogens with two attached hydrogens (primary N) is 1. The molecule has 0 unspecified atom stereocenters. The zero-order valence-electron chi connectivity index (χ0n) is 9.26. The Balaban J connectivity index is 3.04. The number of rotatable bonds is 3. The quantitative estimate of drug-likeness (QED) is 0.847. The van der Waals surface area contributed by atoms with Crippen molar-refractivity contribution in [3.63, 3.8) is 0 Å². The third-order valence-electron chi connectivity index (χ3n) is 2.29. The highest BCUT2D eigenvalue weighted by Gasteiger charge is 2.17. The summed E-state index contributed by atoms with van der Waals surface area (Å²) in [6.45, 7) is 2.10. The smallest absolute Gasteiger partial charge is 0.256 e. The number of likely N-dealkylation sites (N-methyl/N-ethyl adjacent to an activating group) is 1. The van der Waals surface area contributed by atoms with Gasteiger partial charge in [-0.1, -0.05) is 0 Å². The molecule has 3 nitrogen and oxygen atoms in total. The fourth-order valence-electron chi connectivity index (χ4n) is 1.32. The van der Waals surface area contributed by atoms with Gasteiger partial charge in [0.25, 0.3) is 5.91 Å². The Morgan fingerprint density at radius 3 is 2.56 bits per heavy atom. The van der Waals surface area contributed by atoms with Crippen molar-refractivity contribution in [2.24, 2.45) is 5.73 Å². The van der Waals surface area contributed by atoms with Gasteiger partial charge < -0.3 is 10.6 Å². The van der Waals surface area contributed by atoms with Crippen LogP contribution in [-0.4, -0.2) is 30.9 Å². The number of aryl methyl sites for hydroxylation is 1. The Morgan fingerprint density at radius 2 is 2.00 bits per heavy atom. The Hall–Kier alpha value is -1.49. The highest BCUT2D eigenvalue weighted by molar-refractivity contribution is 5.94. The number of carbonyl (C=O) groups excluding carboxylic acids is 1. The minimum Gasteiger partial charge on any atom is -0.340 e. The number of hydrogen-bond donors (Lipinski definition) is 1. The molecule has 0 spiro atoms. The van der Waals surface area contributed by atoms with Crippen LogP contribution in [0.5, 0.6) is 0 Å². The molecule has 0 atom stereocenters. The first-order valence-electron chi connectivity index (χ1n) is 4.88. The molecule has 0 radical (unpaired) electrons. The minimum atomic E-state index is -0.850. The van der Waals surface area contributed by atoms with Crippen LogP contribution >= 0.6 is 0 Å². The maximum Gasteiger partial charge on any atom is 0.256 e. The van der Waals surface area contributed by atoms with Gasteiger partial charge in [0.15, 0.2) is 0 Å². The van der Waals surface area contributed by atoms with Crippen molar-refractivity contribution in [2.45, 2.75) is 6.92 Å². The van der Waals surface area contributed by atoms with E-state index in [1.165, 1.54) is 24.9 Å². The molecule has 0 aliphatic heterocycles. The van der Waals surface area contributed by atoms with Gasteiger partial charge in [0.05, 0.1) is 5.56 Å². The molecule has 88 valence electrons. The first-order valence-corrected chi connectivity index (χ1v) is 4.88. The summed E-state index contributed by atoms with van der Waals surface area (Å²) in [4.78, 5) is 13.0. The molecule has 1 amide bonds. The molecular formula is C11H14F2N2O. The second kappa shape index (κ2) is 5.03. The SMILES string of the molecule is Cc1cc(C(=O)N(C)CCN)c(F)cc1F. The normalized spacial score (nSPS) is 10.3. The predicted octanol–water partition coefficient (Wildman–Crippen LogP) is 1.30. The number of hydrogen-bond acceptors (Lipinski definition) is 2. The van der Waals surface area contributed by atoms with E-state index < -0.39 is 17.5 Å². The first kappa shape index (κ1) is 12.6. The molecule has 1 aromatic rings. The van der Waals surface area contributed by atoms with E-state index in [1.54, 1.807) is 0 Å². The Kier molecular flexibility index (Phi) is 3.95. The minimum absolute atomic E-state index is 0.130. The number of amides is 1. The standard InChI is InChI=1S/C11H14F2N2O/c1-7-5-8(10(13)6-9(7)12)11(16)15(2)4-3-14/h5-6H,3-4,14H2,1-2H3. The molecule has 0 aromatic heterocycles. The van der Waals surface area contributed by atoms with E-state index in [2.05, 4.69) is 0 Å². The van der Waals surface area contributed by atoms with Gasteiger partial charge in [0.1, 0.15) is 11.6 Å². The molecular weight excluding hydrogens is 214 g/mol. The fraction of sp³-hybridized carbons (Fsp3) is 0.364. The van der Waals surface area contributed by atoms with Crippen molar-refractivity contribution in [1.82, 2.24) is 4.90 Å². The summed E-state index contributed by atoms with van der Waals surface area (Å²) in [5.74, 6) is -2.00. The van der Waals surface area contributed by atoms with Crippen molar-refractivity contribution in [1.29, 1.82) is 0 Å². The maximum atomic E-state index is 13.4. The van der Waals surface area contributed by atoms with Gasteiger partial charge in [-0.3, -0.25) is 4.79 Å². The van der Waals surface area contributed by atoms with E-state index in [0.29, 0.717) is 13.1 Å². The van der Waals surface area contributed by atoms with Crippen LogP contribution in [0.4, 0.5) is 8.78 Å². The second-order valence-electron chi connectivity index (χ2n) is 3.60. The van der Waals surface area contributed by atoms with E-state index in [9.17, 15) is 13.6 Å². The van der Waals surface area contributed by atoms with Crippen molar-refractivity contribution in [3.05, 3.63) is 34.9 Å². The molecule has 0 fully saturated rings. The van der Waals surface area contributed by atoms with E-state index in [4.69, 9.17) is 5.73 Å². The van der Waals surface area contributed by atoms with Gasteiger partial charge >= 0.3 is 0 Å². The van der Waals surface area contributed by atoms with Crippen LogP contribution in [-0.2, 0) is 0 Å². The molecule has 2 N–H and O–H groups in total. The third kappa shape index (κ3) is 2.55. The van der Waals surface area contributed by atoms with Gasteiger partial charge in [0, 0.05) is 26.2 Å². The highest BCUT2D eigenvalue weighted by Crippen LogP contribution is 2.15. The van der Waals surface area contributed by atoms with Crippen LogP contribution in [0.1, 0.15) is 15.9 Å². The van der Waals surface area contributed by atoms with Crippen LogP contribution in [0.15, 0.2) is 12.1 Å². The monoisotopic (exact) mass is 228 g/mol. The molecule has 1 aromatic carbocycles. The molecule has 0 aliphatic carbocycles. The average Bonchev–Trinajstić information content (AvgIpc) is 2.23. The van der Waals surface area contributed by atoms with Gasteiger partial charge in [-0.2, -0.15) is 0 Å². The van der Waals surface area contributed by atoms with Crippen LogP contribution < -0.4 is 5.73 Å². The Bertz CT molecular complexity index is 407. The molecule has 5 heteroatoms. The lowest BCUT2D eigenvalue weighted by molar-refractivity contribution is 0.0794. The van der Waals surface area contributed by atoms with Crippen LogP contribution in [0, 0.1) is 18.6 Å². The largest absolute Gasteiger partial charge is 0.340 e. The Morgan fingerprint density at radius 1 is 1.38 bits per heavy atom. The number of benzene rings is 1. The molecule has 0 heterocycles. The third-order valence-corrected chi connectivity index (χ3v) is 2.29. The van der Waals surface area contributed by atoms with Crippen molar-refractivity contribution >= 4 is 5.91 Å². The topological polar surface area (TPSA) is 46.3 Å². The van der Waals surface area contributed by atoms with E-state index in [0.717, 1.165) is 6.07 Å². The number of halogens is 2. The summed E-state index contributed by atoms with van der Waals surface area (Å²) in [5, 5.41) is 0. The van der Waals surface area contributed by atoms with E-state index in [1.807, 2.05) is 0 Å². The molecule has 0 saturated heterocycles. The van der Waals surface area contributed by atoms with E-state index in [-0.39, 0.29) is 11.1 Å². The summed E-state index contributed by atoms with van der Waals surface area (Å²) in [6, 6.07) is 1.93. The Labute approximate surface area is 92.8 Å². The molecule has 16 heavy (non-hydrogen) atoms. The van der Waals surface area contributed by atoms with Crippen LogP contribution in [0.2, 0.25) is 0 Å². The summed E-state index contributed by atoms with van der Waals surface area (Å²) < 4.78 is 26.3. The van der Waals surface area contributed by atoms with Crippen molar-refractivity contribution in [3.8, 4) is 0 Å². The van der Waals surface area contributed by atoms with Crippen molar-refractivity contribution < 1.29 is 13.6 Å². The summed E-state index contributed by atoms with van der Waals surface area (Å²) in [7, 11) is 1.52. The van der Waals surface area contributed by atoms with Gasteiger partial charge in [-0.25, -0.2) is 8.78 Å². The number of nitrogens with zero attached hydrogens (tertiary/aromatic N) is 1. The molecule has 1 rings (SSSR count). The lowest BCUT2D eigenvalue weighted by atomic mass is 10.1. The summed E-state index contributed by atoms with van der Waals surface area (Å²) in [5.41, 5.74) is 5.40. The fourth-order valence-corrected chi connectivity index (χ4v) is 1.32. The lowest BCUT2D eigenvalue weighted by Gasteiger charge is -2.16. The second-order valence-corrected chi connectivity index (χ2v) is 3.60. The molecule has 0 aliphatic rings. The van der Waals surface area contributed by atoms with Gasteiger partial charge in [-0.15, -0.1) is 0 Å². The van der Waals surface area contributed by atoms with Gasteiger partial charge in [-0.05, 0) is 18.6 Å². The van der Waals surface area contributed by atoms with Crippen LogP contribution in [0.25, 0.3) is 0 Å². The molecule has 0 saturated carbocycles. The zero-order chi connectivity index (χ0) is 12.3. The lowest BCUT2D eigenvalue weighted by Crippen LogP contribution is -2.32. The summed E-state index contributed by atoms with van der Waals surface area (Å²) >= 11 is 0. The number of carbonyl (C=O) groups is 1. The first-order chi connectivity index (χ1) is 7.47. The maximum absolute atomic E-state index is 13.4. The predicted molar refractivity (Wildman–Crippen MR) is 57.1 cm³/mol. The highest BCUT2D eigenvalue weighted by atomic mass is 19.1. The average molecular weight is 228 g/mol. The van der Waals surface area contributed by atoms with E-state index >= 15 is 0 Å². The van der Waals surface area contributed by atoms with Gasteiger partial charge in [0.2, 0.25) is 0 Å². The summed E-state index contributed by atoms with van der Waals surface area (Å²) in [6.07, 6.45) is 0. The van der Waals surface area contributed by atoms with Crippen LogP contribution in [0.3, 0.4) is 0 Å².